The Morgan fingerprint density at radius 3 is 2.30 bits per heavy atom. The van der Waals surface area contributed by atoms with E-state index in [2.05, 4.69) is 6.07 Å². The normalized spacial score (nSPS) is 12.2. The molecular weight excluding hydrogens is 256 g/mol. The van der Waals surface area contributed by atoms with Crippen molar-refractivity contribution >= 4 is 0 Å². The van der Waals surface area contributed by atoms with Crippen LogP contribution in [0.15, 0.2) is 24.3 Å². The summed E-state index contributed by atoms with van der Waals surface area (Å²) in [6.45, 7) is 2.50. The van der Waals surface area contributed by atoms with Crippen molar-refractivity contribution < 1.29 is 14.2 Å². The third-order valence-corrected chi connectivity index (χ3v) is 3.06. The molecule has 1 unspecified atom stereocenters. The van der Waals surface area contributed by atoms with Crippen molar-refractivity contribution in [1.82, 2.24) is 4.90 Å². The molecule has 1 aromatic rings. The highest BCUT2D eigenvalue weighted by molar-refractivity contribution is 5.33. The van der Waals surface area contributed by atoms with Crippen LogP contribution in [0.25, 0.3) is 0 Å². The second-order valence-corrected chi connectivity index (χ2v) is 4.33. The van der Waals surface area contributed by atoms with Gasteiger partial charge in [0.2, 0.25) is 0 Å². The molecule has 1 rings (SSSR count). The number of nitrogens with zero attached hydrogens (tertiary/aromatic N) is 2. The van der Waals surface area contributed by atoms with E-state index in [1.165, 1.54) is 0 Å². The van der Waals surface area contributed by atoms with E-state index < -0.39 is 0 Å². The van der Waals surface area contributed by atoms with Gasteiger partial charge in [0.05, 0.1) is 26.4 Å². The Hall–Kier alpha value is -1.61. The van der Waals surface area contributed by atoms with Crippen molar-refractivity contribution in [2.45, 2.75) is 6.04 Å². The molecule has 0 amide bonds. The quantitative estimate of drug-likeness (QED) is 0.690. The first-order chi connectivity index (χ1) is 9.76. The topological polar surface area (TPSA) is 54.7 Å². The summed E-state index contributed by atoms with van der Waals surface area (Å²) in [6, 6.07) is 9.59. The van der Waals surface area contributed by atoms with Crippen LogP contribution in [-0.2, 0) is 9.47 Å². The van der Waals surface area contributed by atoms with Crippen molar-refractivity contribution in [2.75, 3.05) is 47.6 Å². The molecule has 0 aliphatic heterocycles. The van der Waals surface area contributed by atoms with Gasteiger partial charge in [-0.2, -0.15) is 5.26 Å². The van der Waals surface area contributed by atoms with Crippen molar-refractivity contribution in [3.05, 3.63) is 29.8 Å². The summed E-state index contributed by atoms with van der Waals surface area (Å²) < 4.78 is 15.4. The Morgan fingerprint density at radius 1 is 1.15 bits per heavy atom. The predicted molar refractivity (Wildman–Crippen MR) is 76.7 cm³/mol. The maximum absolute atomic E-state index is 9.50. The Bertz CT molecular complexity index is 423. The first-order valence-corrected chi connectivity index (χ1v) is 6.52. The fourth-order valence-electron chi connectivity index (χ4n) is 1.97. The van der Waals surface area contributed by atoms with Crippen molar-refractivity contribution in [1.29, 1.82) is 5.26 Å². The largest absolute Gasteiger partial charge is 0.497 e. The van der Waals surface area contributed by atoms with E-state index in [0.29, 0.717) is 26.3 Å². The second kappa shape index (κ2) is 9.32. The molecule has 1 aromatic carbocycles. The molecular formula is C15H22N2O3. The summed E-state index contributed by atoms with van der Waals surface area (Å²) in [6.07, 6.45) is 0. The fourth-order valence-corrected chi connectivity index (χ4v) is 1.97. The van der Waals surface area contributed by atoms with Crippen molar-refractivity contribution in [2.24, 2.45) is 0 Å². The minimum Gasteiger partial charge on any atom is -0.497 e. The van der Waals surface area contributed by atoms with Gasteiger partial charge >= 0.3 is 0 Å². The maximum atomic E-state index is 9.50. The number of hydrogen-bond donors (Lipinski definition) is 0. The molecule has 5 nitrogen and oxygen atoms in total. The molecule has 0 aliphatic rings. The number of benzene rings is 1. The highest BCUT2D eigenvalue weighted by atomic mass is 16.5. The molecule has 0 saturated heterocycles. The molecule has 0 aliphatic carbocycles. The lowest BCUT2D eigenvalue weighted by Crippen LogP contribution is -2.34. The highest BCUT2D eigenvalue weighted by Crippen LogP contribution is 2.23. The lowest BCUT2D eigenvalue weighted by molar-refractivity contribution is 0.101. The molecule has 0 bridgehead atoms. The number of hydrogen-bond acceptors (Lipinski definition) is 5. The monoisotopic (exact) mass is 278 g/mol. The van der Waals surface area contributed by atoms with Crippen LogP contribution in [0.2, 0.25) is 0 Å². The summed E-state index contributed by atoms with van der Waals surface area (Å²) in [5.41, 5.74) is 0.916. The zero-order chi connectivity index (χ0) is 14.8. The van der Waals surface area contributed by atoms with Crippen LogP contribution < -0.4 is 4.74 Å². The smallest absolute Gasteiger partial charge is 0.124 e. The molecule has 1 atom stereocenters. The Morgan fingerprint density at radius 2 is 1.80 bits per heavy atom. The van der Waals surface area contributed by atoms with E-state index in [9.17, 15) is 5.26 Å². The van der Waals surface area contributed by atoms with Gasteiger partial charge in [-0.25, -0.2) is 0 Å². The van der Waals surface area contributed by atoms with Crippen molar-refractivity contribution in [3.8, 4) is 11.8 Å². The van der Waals surface area contributed by atoms with Crippen LogP contribution >= 0.6 is 0 Å². The lowest BCUT2D eigenvalue weighted by atomic mass is 10.1. The molecule has 0 radical (unpaired) electrons. The van der Waals surface area contributed by atoms with E-state index in [4.69, 9.17) is 14.2 Å². The van der Waals surface area contributed by atoms with E-state index >= 15 is 0 Å². The number of nitriles is 1. The molecule has 0 fully saturated rings. The van der Waals surface area contributed by atoms with Gasteiger partial charge in [-0.05, 0) is 17.7 Å². The van der Waals surface area contributed by atoms with Crippen LogP contribution in [0.3, 0.4) is 0 Å². The fraction of sp³-hybridized carbons (Fsp3) is 0.533. The van der Waals surface area contributed by atoms with Crippen LogP contribution in [0, 0.1) is 11.3 Å². The third kappa shape index (κ3) is 4.82. The number of rotatable bonds is 9. The van der Waals surface area contributed by atoms with Gasteiger partial charge in [-0.1, -0.05) is 12.1 Å². The molecule has 5 heteroatoms. The van der Waals surface area contributed by atoms with E-state index in [1.54, 1.807) is 21.3 Å². The summed E-state index contributed by atoms with van der Waals surface area (Å²) in [5, 5.41) is 9.50. The van der Waals surface area contributed by atoms with Crippen LogP contribution in [0.1, 0.15) is 11.6 Å². The molecule has 0 N–H and O–H groups in total. The third-order valence-electron chi connectivity index (χ3n) is 3.06. The predicted octanol–water partition coefficient (Wildman–Crippen LogP) is 1.85. The molecule has 0 aromatic heterocycles. The van der Waals surface area contributed by atoms with Gasteiger partial charge in [-0.15, -0.1) is 0 Å². The Balaban J connectivity index is 2.89. The first kappa shape index (κ1) is 16.4. The van der Waals surface area contributed by atoms with Gasteiger partial charge < -0.3 is 14.2 Å². The molecule has 0 saturated carbocycles. The minimum atomic E-state index is -0.338. The van der Waals surface area contributed by atoms with Gasteiger partial charge in [0.1, 0.15) is 11.8 Å². The molecule has 0 spiro atoms. The summed E-state index contributed by atoms with van der Waals surface area (Å²) in [7, 11) is 4.93. The average Bonchev–Trinajstić information content (AvgIpc) is 2.50. The molecule has 20 heavy (non-hydrogen) atoms. The lowest BCUT2D eigenvalue weighted by Gasteiger charge is -2.27. The van der Waals surface area contributed by atoms with Gasteiger partial charge in [0.25, 0.3) is 0 Å². The van der Waals surface area contributed by atoms with E-state index in [-0.39, 0.29) is 6.04 Å². The van der Waals surface area contributed by atoms with Gasteiger partial charge in [0.15, 0.2) is 0 Å². The van der Waals surface area contributed by atoms with Crippen LogP contribution in [0.4, 0.5) is 0 Å². The summed E-state index contributed by atoms with van der Waals surface area (Å²) in [5.74, 6) is 0.751. The van der Waals surface area contributed by atoms with Crippen LogP contribution in [0.5, 0.6) is 5.75 Å². The van der Waals surface area contributed by atoms with E-state index in [1.807, 2.05) is 29.2 Å². The maximum Gasteiger partial charge on any atom is 0.124 e. The SMILES string of the molecule is COCCN(CCOC)C(C#N)c1cccc(OC)c1. The van der Waals surface area contributed by atoms with Gasteiger partial charge in [0, 0.05) is 27.3 Å². The molecule has 110 valence electrons. The van der Waals surface area contributed by atoms with Gasteiger partial charge in [-0.3, -0.25) is 4.90 Å². The summed E-state index contributed by atoms with van der Waals surface area (Å²) in [4.78, 5) is 2.04. The van der Waals surface area contributed by atoms with Crippen molar-refractivity contribution in [3.63, 3.8) is 0 Å². The number of methoxy groups -OCH3 is 3. The number of ether oxygens (including phenoxy) is 3. The minimum absolute atomic E-state index is 0.338. The zero-order valence-electron chi connectivity index (χ0n) is 12.3. The zero-order valence-corrected chi connectivity index (χ0v) is 12.3. The van der Waals surface area contributed by atoms with Crippen LogP contribution in [-0.4, -0.2) is 52.5 Å². The highest BCUT2D eigenvalue weighted by Gasteiger charge is 2.20. The average molecular weight is 278 g/mol. The summed E-state index contributed by atoms with van der Waals surface area (Å²) >= 11 is 0. The Kier molecular flexibility index (Phi) is 7.66. The molecule has 0 heterocycles. The Labute approximate surface area is 120 Å². The first-order valence-electron chi connectivity index (χ1n) is 6.52. The second-order valence-electron chi connectivity index (χ2n) is 4.33. The van der Waals surface area contributed by atoms with E-state index in [0.717, 1.165) is 11.3 Å². The standard InChI is InChI=1S/C15H22N2O3/c1-18-9-7-17(8-10-19-2)15(12-16)13-5-4-6-14(11-13)20-3/h4-6,11,15H,7-10H2,1-3H3.